The molecule has 4 heteroatoms. The Bertz CT molecular complexity index is 525. The highest BCUT2D eigenvalue weighted by molar-refractivity contribution is 6.03. The minimum atomic E-state index is -0.119. The zero-order chi connectivity index (χ0) is 21.5. The summed E-state index contributed by atoms with van der Waals surface area (Å²) in [6, 6.07) is 0. The molecule has 2 N–H and O–H groups in total. The summed E-state index contributed by atoms with van der Waals surface area (Å²) >= 11 is 0. The van der Waals surface area contributed by atoms with E-state index in [1.54, 1.807) is 0 Å². The van der Waals surface area contributed by atoms with E-state index in [0.717, 1.165) is 19.3 Å². The summed E-state index contributed by atoms with van der Waals surface area (Å²) in [6.07, 6.45) is 15.5. The Morgan fingerprint density at radius 3 is 1.86 bits per heavy atom. The molecule has 0 radical (unpaired) electrons. The second-order valence-corrected chi connectivity index (χ2v) is 11.1. The molecule has 2 rings (SSSR count). The van der Waals surface area contributed by atoms with Crippen LogP contribution in [0.1, 0.15) is 118 Å². The van der Waals surface area contributed by atoms with E-state index in [9.17, 15) is 9.59 Å². The molecule has 2 aliphatic heterocycles. The molecule has 2 aliphatic rings. The Balaban J connectivity index is 1.89. The largest absolute Gasteiger partial charge is 0.307 e. The molecule has 2 unspecified atom stereocenters. The van der Waals surface area contributed by atoms with Gasteiger partial charge < -0.3 is 5.32 Å². The lowest BCUT2D eigenvalue weighted by Gasteiger charge is -2.49. The van der Waals surface area contributed by atoms with E-state index in [0.29, 0.717) is 18.3 Å². The van der Waals surface area contributed by atoms with Crippen LogP contribution in [0.4, 0.5) is 0 Å². The fraction of sp³-hybridized carbons (Fsp3) is 0.920. The molecule has 4 nitrogen and oxygen atoms in total. The molecule has 0 aromatic carbocycles. The number of amides is 2. The summed E-state index contributed by atoms with van der Waals surface area (Å²) in [6.45, 7) is 11.4. The Hall–Kier alpha value is -0.900. The number of carbonyl (C=O) groups is 2. The van der Waals surface area contributed by atoms with Crippen LogP contribution < -0.4 is 10.6 Å². The van der Waals surface area contributed by atoms with Crippen molar-refractivity contribution in [1.29, 1.82) is 0 Å². The molecule has 0 bridgehead atoms. The number of hydrogen-bond donors (Lipinski definition) is 2. The van der Waals surface area contributed by atoms with Crippen LogP contribution in [0, 0.1) is 17.8 Å². The zero-order valence-electron chi connectivity index (χ0n) is 19.7. The van der Waals surface area contributed by atoms with Crippen LogP contribution in [0.25, 0.3) is 0 Å². The number of hydrogen-bond acceptors (Lipinski definition) is 3. The van der Waals surface area contributed by atoms with Gasteiger partial charge in [0.2, 0.25) is 11.8 Å². The first-order valence-corrected chi connectivity index (χ1v) is 12.3. The van der Waals surface area contributed by atoms with Gasteiger partial charge in [0.05, 0.1) is 5.92 Å². The third-order valence-electron chi connectivity index (χ3n) is 6.99. The van der Waals surface area contributed by atoms with Crippen LogP contribution in [0.15, 0.2) is 0 Å². The number of rotatable bonds is 12. The monoisotopic (exact) mass is 406 g/mol. The number of unbranched alkanes of at least 4 members (excludes halogenated alkanes) is 8. The lowest BCUT2D eigenvalue weighted by Crippen LogP contribution is -2.59. The molecule has 0 aromatic rings. The smallest absolute Gasteiger partial charge is 0.230 e. The van der Waals surface area contributed by atoms with Gasteiger partial charge in [-0.1, -0.05) is 64.7 Å². The molecule has 168 valence electrons. The van der Waals surface area contributed by atoms with Gasteiger partial charge in [0.25, 0.3) is 0 Å². The van der Waals surface area contributed by atoms with Crippen LogP contribution in [-0.2, 0) is 9.59 Å². The van der Waals surface area contributed by atoms with Crippen molar-refractivity contribution >= 4 is 11.8 Å². The van der Waals surface area contributed by atoms with Crippen molar-refractivity contribution in [2.75, 3.05) is 0 Å². The number of nitrogens with one attached hydrogen (secondary N) is 2. The highest BCUT2D eigenvalue weighted by Crippen LogP contribution is 2.43. The molecule has 2 saturated heterocycles. The standard InChI is InChI=1S/C25H46N2O2/c1-6-7-8-9-10-11-12-13-14-15-20(21-16-22(28)26-23(21)29)19-17-24(2,3)27-25(4,5)18-19/h19-21,27H,6-18H2,1-5H3,(H,26,28,29). The molecule has 0 aliphatic carbocycles. The average Bonchev–Trinajstić information content (AvgIpc) is 2.92. The number of imide groups is 1. The summed E-state index contributed by atoms with van der Waals surface area (Å²) in [4.78, 5) is 24.4. The van der Waals surface area contributed by atoms with Crippen LogP contribution in [0.2, 0.25) is 0 Å². The topological polar surface area (TPSA) is 58.2 Å². The highest BCUT2D eigenvalue weighted by atomic mass is 16.2. The second-order valence-electron chi connectivity index (χ2n) is 11.1. The third kappa shape index (κ3) is 8.03. The molecule has 2 heterocycles. The zero-order valence-corrected chi connectivity index (χ0v) is 19.7. The Morgan fingerprint density at radius 2 is 1.38 bits per heavy atom. The maximum atomic E-state index is 12.5. The molecular formula is C25H46N2O2. The quantitative estimate of drug-likeness (QED) is 0.321. The van der Waals surface area contributed by atoms with Crippen molar-refractivity contribution in [3.05, 3.63) is 0 Å². The minimum Gasteiger partial charge on any atom is -0.307 e. The molecule has 29 heavy (non-hydrogen) atoms. The van der Waals surface area contributed by atoms with Crippen LogP contribution in [0.5, 0.6) is 0 Å². The van der Waals surface area contributed by atoms with Crippen molar-refractivity contribution in [3.8, 4) is 0 Å². The Kier molecular flexibility index (Phi) is 9.18. The van der Waals surface area contributed by atoms with E-state index in [1.165, 1.54) is 57.8 Å². The van der Waals surface area contributed by atoms with E-state index >= 15 is 0 Å². The molecule has 2 fully saturated rings. The average molecular weight is 407 g/mol. The Morgan fingerprint density at radius 1 is 0.862 bits per heavy atom. The Labute approximate surface area is 179 Å². The molecule has 0 aromatic heterocycles. The lowest BCUT2D eigenvalue weighted by molar-refractivity contribution is -0.127. The first-order valence-electron chi connectivity index (χ1n) is 12.3. The van der Waals surface area contributed by atoms with Crippen LogP contribution in [0.3, 0.4) is 0 Å². The van der Waals surface area contributed by atoms with Gasteiger partial charge in [0.1, 0.15) is 0 Å². The summed E-state index contributed by atoms with van der Waals surface area (Å²) in [5, 5.41) is 6.33. The van der Waals surface area contributed by atoms with Gasteiger partial charge in [0, 0.05) is 17.5 Å². The summed E-state index contributed by atoms with van der Waals surface area (Å²) in [7, 11) is 0. The summed E-state index contributed by atoms with van der Waals surface area (Å²) in [5.41, 5.74) is 0.143. The number of piperidine rings is 1. The van der Waals surface area contributed by atoms with Gasteiger partial charge in [-0.25, -0.2) is 0 Å². The van der Waals surface area contributed by atoms with Gasteiger partial charge in [-0.15, -0.1) is 0 Å². The van der Waals surface area contributed by atoms with Crippen molar-refractivity contribution in [3.63, 3.8) is 0 Å². The van der Waals surface area contributed by atoms with E-state index in [2.05, 4.69) is 45.3 Å². The van der Waals surface area contributed by atoms with Gasteiger partial charge in [0.15, 0.2) is 0 Å². The minimum absolute atomic E-state index is 0.0231. The van der Waals surface area contributed by atoms with Crippen molar-refractivity contribution < 1.29 is 9.59 Å². The number of carbonyl (C=O) groups excluding carboxylic acids is 2. The lowest BCUT2D eigenvalue weighted by atomic mass is 9.66. The van der Waals surface area contributed by atoms with Crippen molar-refractivity contribution in [2.24, 2.45) is 17.8 Å². The SMILES string of the molecule is CCCCCCCCCCCC(C1CC(C)(C)NC(C)(C)C1)C1CC(=O)NC1=O. The summed E-state index contributed by atoms with van der Waals surface area (Å²) < 4.78 is 0. The fourth-order valence-electron chi connectivity index (χ4n) is 6.08. The second kappa shape index (κ2) is 10.9. The predicted molar refractivity (Wildman–Crippen MR) is 121 cm³/mol. The maximum Gasteiger partial charge on any atom is 0.230 e. The predicted octanol–water partition coefficient (Wildman–Crippen LogP) is 5.74. The molecule has 2 atom stereocenters. The van der Waals surface area contributed by atoms with E-state index in [1.807, 2.05) is 0 Å². The van der Waals surface area contributed by atoms with Crippen LogP contribution >= 0.6 is 0 Å². The van der Waals surface area contributed by atoms with Crippen molar-refractivity contribution in [1.82, 2.24) is 10.6 Å². The van der Waals surface area contributed by atoms with E-state index in [4.69, 9.17) is 0 Å². The molecular weight excluding hydrogens is 360 g/mol. The maximum absolute atomic E-state index is 12.5. The van der Waals surface area contributed by atoms with Crippen molar-refractivity contribution in [2.45, 2.75) is 129 Å². The van der Waals surface area contributed by atoms with Gasteiger partial charge in [-0.05, 0) is 58.8 Å². The molecule has 0 spiro atoms. The van der Waals surface area contributed by atoms with Crippen LogP contribution in [-0.4, -0.2) is 22.9 Å². The third-order valence-corrected chi connectivity index (χ3v) is 6.99. The summed E-state index contributed by atoms with van der Waals surface area (Å²) in [5.74, 6) is 0.601. The fourth-order valence-corrected chi connectivity index (χ4v) is 6.08. The highest BCUT2D eigenvalue weighted by Gasteiger charge is 2.46. The van der Waals surface area contributed by atoms with Gasteiger partial charge in [-0.2, -0.15) is 0 Å². The molecule has 2 amide bonds. The van der Waals surface area contributed by atoms with Gasteiger partial charge in [-0.3, -0.25) is 14.9 Å². The first-order chi connectivity index (χ1) is 13.6. The first kappa shape index (κ1) is 24.4. The van der Waals surface area contributed by atoms with Gasteiger partial charge >= 0.3 is 0 Å². The normalized spacial score (nSPS) is 25.2. The van der Waals surface area contributed by atoms with E-state index in [-0.39, 0.29) is 28.8 Å². The molecule has 0 saturated carbocycles. The van der Waals surface area contributed by atoms with E-state index < -0.39 is 0 Å².